The van der Waals surface area contributed by atoms with Crippen molar-refractivity contribution in [3.05, 3.63) is 0 Å². The summed E-state index contributed by atoms with van der Waals surface area (Å²) in [5, 5.41) is 25.1. The number of quaternary nitrogens is 1. The van der Waals surface area contributed by atoms with E-state index >= 15 is 0 Å². The van der Waals surface area contributed by atoms with Gasteiger partial charge in [-0.2, -0.15) is 10.4 Å². The highest BCUT2D eigenvalue weighted by Gasteiger charge is 2.25. The molecule has 0 amide bonds. The number of carbonyl (C=O) groups is 1. The number of hydrogen-bond acceptors (Lipinski definition) is 4. The average Bonchev–Trinajstić information content (AvgIpc) is 1.85. The number of nitrogens with zero attached hydrogens (tertiary/aromatic N) is 1. The van der Waals surface area contributed by atoms with Crippen LogP contribution < -0.4 is 0 Å². The molecule has 5 nitrogen and oxygen atoms in total. The minimum absolute atomic E-state index is 0.463. The maximum atomic E-state index is 9.00. The van der Waals surface area contributed by atoms with Gasteiger partial charge in [-0.25, -0.2) is 0 Å². The molecule has 0 bridgehead atoms. The molecule has 1 rings (SSSR count). The summed E-state index contributed by atoms with van der Waals surface area (Å²) in [6.07, 6.45) is 0. The van der Waals surface area contributed by atoms with E-state index in [-0.39, 0.29) is 0 Å². The second-order valence-corrected chi connectivity index (χ2v) is 3.68. The summed E-state index contributed by atoms with van der Waals surface area (Å²) in [6, 6.07) is 0. The lowest BCUT2D eigenvalue weighted by molar-refractivity contribution is -1.24. The van der Waals surface area contributed by atoms with Gasteiger partial charge >= 0.3 is 0 Å². The Morgan fingerprint density at radius 3 is 1.83 bits per heavy atom. The van der Waals surface area contributed by atoms with Gasteiger partial charge in [0.2, 0.25) is 0 Å². The highest BCUT2D eigenvalue weighted by molar-refractivity contribution is 7.99. The molecule has 0 aromatic rings. The van der Waals surface area contributed by atoms with E-state index in [9.17, 15) is 0 Å². The van der Waals surface area contributed by atoms with Crippen LogP contribution in [0.1, 0.15) is 6.92 Å². The fraction of sp³-hybridized carbons (Fsp3) is 0.833. The van der Waals surface area contributed by atoms with E-state index in [1.165, 1.54) is 0 Å². The van der Waals surface area contributed by atoms with Gasteiger partial charge < -0.3 is 5.11 Å². The third-order valence-electron chi connectivity index (χ3n) is 1.19. The minimum atomic E-state index is -0.833. The highest BCUT2D eigenvalue weighted by Crippen LogP contribution is 2.11. The molecule has 12 heavy (non-hydrogen) atoms. The van der Waals surface area contributed by atoms with Crippen LogP contribution in [0.15, 0.2) is 0 Å². The van der Waals surface area contributed by atoms with E-state index < -0.39 is 10.8 Å². The number of hydroxylamine groups is 4. The number of rotatable bonds is 0. The normalized spacial score (nSPS) is 20.6. The van der Waals surface area contributed by atoms with Gasteiger partial charge in [-0.3, -0.25) is 4.79 Å². The molecule has 1 saturated heterocycles. The lowest BCUT2D eigenvalue weighted by atomic mass is 10.6. The van der Waals surface area contributed by atoms with Crippen LogP contribution in [0.2, 0.25) is 0 Å². The van der Waals surface area contributed by atoms with Crippen molar-refractivity contribution in [1.29, 1.82) is 0 Å². The Bertz CT molecular complexity index is 138. The maximum absolute atomic E-state index is 9.00. The van der Waals surface area contributed by atoms with Crippen molar-refractivity contribution in [3.63, 3.8) is 0 Å². The number of carboxylic acid groups (broad SMARTS) is 1. The van der Waals surface area contributed by atoms with E-state index in [0.717, 1.165) is 18.4 Å². The Kier molecular flexibility index (Phi) is 5.23. The zero-order valence-electron chi connectivity index (χ0n) is 6.93. The van der Waals surface area contributed by atoms with Crippen LogP contribution in [-0.2, 0) is 4.79 Å². The second-order valence-electron chi connectivity index (χ2n) is 2.46. The third-order valence-corrected chi connectivity index (χ3v) is 2.13. The maximum Gasteiger partial charge on any atom is 0.300 e. The summed E-state index contributed by atoms with van der Waals surface area (Å²) in [7, 11) is 0. The highest BCUT2D eigenvalue weighted by atomic mass is 32.2. The fourth-order valence-corrected chi connectivity index (χ4v) is 1.68. The van der Waals surface area contributed by atoms with Gasteiger partial charge in [0.15, 0.2) is 13.1 Å². The predicted molar refractivity (Wildman–Crippen MR) is 44.2 cm³/mol. The van der Waals surface area contributed by atoms with Crippen molar-refractivity contribution < 1.29 is 25.1 Å². The Hall–Kier alpha value is -0.300. The molecule has 72 valence electrons. The molecule has 0 aromatic carbocycles. The van der Waals surface area contributed by atoms with Gasteiger partial charge in [-0.1, -0.05) is 0 Å². The molecule has 0 spiro atoms. The molecule has 0 atom stereocenters. The molecule has 0 aromatic heterocycles. The minimum Gasteiger partial charge on any atom is -0.481 e. The van der Waals surface area contributed by atoms with E-state index in [0.29, 0.717) is 13.1 Å². The lowest BCUT2D eigenvalue weighted by Gasteiger charge is -2.24. The monoisotopic (exact) mass is 196 g/mol. The summed E-state index contributed by atoms with van der Waals surface area (Å²) in [4.78, 5) is 8.23. The van der Waals surface area contributed by atoms with Gasteiger partial charge in [0.1, 0.15) is 0 Å². The van der Waals surface area contributed by atoms with E-state index in [1.54, 1.807) is 11.8 Å². The first kappa shape index (κ1) is 11.7. The van der Waals surface area contributed by atoms with Crippen molar-refractivity contribution in [3.8, 4) is 0 Å². The Labute approximate surface area is 75.1 Å². The van der Waals surface area contributed by atoms with E-state index in [4.69, 9.17) is 20.3 Å². The van der Waals surface area contributed by atoms with Crippen LogP contribution in [0.4, 0.5) is 0 Å². The van der Waals surface area contributed by atoms with Crippen LogP contribution in [0.25, 0.3) is 0 Å². The molecule has 1 aliphatic heterocycles. The first-order chi connectivity index (χ1) is 5.44. The van der Waals surface area contributed by atoms with Gasteiger partial charge in [0.25, 0.3) is 5.97 Å². The van der Waals surface area contributed by atoms with Crippen LogP contribution in [0, 0.1) is 0 Å². The lowest BCUT2D eigenvalue weighted by Crippen LogP contribution is -2.47. The van der Waals surface area contributed by atoms with Crippen LogP contribution in [0.3, 0.4) is 0 Å². The van der Waals surface area contributed by atoms with Gasteiger partial charge in [-0.05, 0) is 4.81 Å². The summed E-state index contributed by atoms with van der Waals surface area (Å²) in [5.41, 5.74) is 0. The Balaban J connectivity index is 0.000000261. The van der Waals surface area contributed by atoms with E-state index in [1.807, 2.05) is 0 Å². The SMILES string of the molecule is CC(=O)O.O[N+]1(O)CCSCC1. The molecule has 1 fully saturated rings. The van der Waals surface area contributed by atoms with Crippen LogP contribution in [0.5, 0.6) is 0 Å². The van der Waals surface area contributed by atoms with Crippen molar-refractivity contribution in [2.24, 2.45) is 0 Å². The number of carboxylic acids is 1. The molecule has 0 aliphatic carbocycles. The fourth-order valence-electron chi connectivity index (χ4n) is 0.635. The quantitative estimate of drug-likeness (QED) is 0.489. The summed E-state index contributed by atoms with van der Waals surface area (Å²) in [5.74, 6) is 0.875. The predicted octanol–water partition coefficient (Wildman–Crippen LogP) is 0.419. The van der Waals surface area contributed by atoms with Crippen molar-refractivity contribution in [2.75, 3.05) is 24.6 Å². The summed E-state index contributed by atoms with van der Waals surface area (Å²) >= 11 is 1.76. The second kappa shape index (κ2) is 5.36. The van der Waals surface area contributed by atoms with Crippen LogP contribution >= 0.6 is 11.8 Å². The standard InChI is InChI=1S/C4H10NO2S.C2H4O2/c6-5(7)1-3-8-4-2-5;1-2(3)4/h6-7H,1-4H2;1H3,(H,3,4)/q+1;. The van der Waals surface area contributed by atoms with Gasteiger partial charge in [-0.15, -0.1) is 11.8 Å². The zero-order valence-corrected chi connectivity index (χ0v) is 7.75. The number of aliphatic carboxylic acids is 1. The topological polar surface area (TPSA) is 77.8 Å². The Morgan fingerprint density at radius 2 is 1.67 bits per heavy atom. The average molecular weight is 196 g/mol. The van der Waals surface area contributed by atoms with Crippen LogP contribution in [-0.4, -0.2) is 50.9 Å². The molecular formula is C6H14NO4S+. The molecule has 6 heteroatoms. The molecule has 0 unspecified atom stereocenters. The van der Waals surface area contributed by atoms with E-state index in [2.05, 4.69) is 0 Å². The zero-order chi connectivity index (χ0) is 9.61. The van der Waals surface area contributed by atoms with Crippen molar-refractivity contribution in [2.45, 2.75) is 6.92 Å². The molecule has 1 heterocycles. The molecule has 0 saturated carbocycles. The van der Waals surface area contributed by atoms with Gasteiger partial charge in [0, 0.05) is 18.4 Å². The molecule has 0 radical (unpaired) electrons. The third kappa shape index (κ3) is 7.80. The van der Waals surface area contributed by atoms with Gasteiger partial charge in [0.05, 0.1) is 0 Å². The van der Waals surface area contributed by atoms with Crippen molar-refractivity contribution in [1.82, 2.24) is 0 Å². The number of hydrogen-bond donors (Lipinski definition) is 3. The molecule has 3 N–H and O–H groups in total. The molecular weight excluding hydrogens is 182 g/mol. The molecule has 1 aliphatic rings. The first-order valence-corrected chi connectivity index (χ1v) is 4.69. The summed E-state index contributed by atoms with van der Waals surface area (Å²) in [6.45, 7) is 2.01. The summed E-state index contributed by atoms with van der Waals surface area (Å²) < 4.78 is 0. The number of thioether (sulfide) groups is 1. The smallest absolute Gasteiger partial charge is 0.300 e. The van der Waals surface area contributed by atoms with Crippen molar-refractivity contribution >= 4 is 17.7 Å². The Morgan fingerprint density at radius 1 is 1.33 bits per heavy atom. The largest absolute Gasteiger partial charge is 0.481 e. The first-order valence-electron chi connectivity index (χ1n) is 3.54.